The molecule has 0 saturated carbocycles. The molecule has 0 aromatic carbocycles. The molecular weight excluding hydrogens is 419 g/mol. The van der Waals surface area contributed by atoms with E-state index in [9.17, 15) is 0 Å². The van der Waals surface area contributed by atoms with Gasteiger partial charge < -0.3 is 29.6 Å². The first-order valence-electron chi connectivity index (χ1n) is 12.3. The highest BCUT2D eigenvalue weighted by Crippen LogP contribution is 2.25. The monoisotopic (exact) mass is 472 g/mol. The molecule has 0 heterocycles. The predicted octanol–water partition coefficient (Wildman–Crippen LogP) is 5.57. The third kappa shape index (κ3) is 48.6. The topological polar surface area (TPSA) is 127 Å². The van der Waals surface area contributed by atoms with Gasteiger partial charge in [0, 0.05) is 13.2 Å². The Hall–Kier alpha value is -0.0100. The van der Waals surface area contributed by atoms with Crippen LogP contribution in [0.15, 0.2) is 0 Å². The molecule has 1 unspecified atom stereocenters. The lowest BCUT2D eigenvalue weighted by atomic mass is 10.0. The summed E-state index contributed by atoms with van der Waals surface area (Å²) in [5.74, 6) is 0.560. The summed E-state index contributed by atoms with van der Waals surface area (Å²) in [6, 6.07) is 0. The first-order chi connectivity index (χ1) is 14.8. The number of ether oxygens (including phenoxy) is 1. The van der Waals surface area contributed by atoms with E-state index in [1.165, 1.54) is 83.5 Å². The van der Waals surface area contributed by atoms with Gasteiger partial charge in [-0.3, -0.25) is 0 Å². The number of hydrogen-bond acceptors (Lipinski definition) is 4. The number of aliphatic hydroxyl groups is 2. The molecule has 0 spiro atoms. The molecule has 8 heteroatoms. The van der Waals surface area contributed by atoms with Crippen molar-refractivity contribution >= 4 is 7.82 Å². The zero-order chi connectivity index (χ0) is 24.2. The molecule has 0 bridgehead atoms. The van der Waals surface area contributed by atoms with Crippen molar-refractivity contribution in [1.82, 2.24) is 0 Å². The highest BCUT2D eigenvalue weighted by molar-refractivity contribution is 7.45. The Balaban J connectivity index is -0.000000465. The normalized spacial score (nSPS) is 11.9. The molecule has 0 aromatic heterocycles. The number of aliphatic hydroxyl groups excluding tert-OH is 2. The molecule has 0 fully saturated rings. The molecule has 0 radical (unpaired) electrons. The zero-order valence-electron chi connectivity index (χ0n) is 20.5. The Morgan fingerprint density at radius 1 is 0.677 bits per heavy atom. The fourth-order valence-electron chi connectivity index (χ4n) is 2.95. The molecule has 31 heavy (non-hydrogen) atoms. The van der Waals surface area contributed by atoms with Crippen molar-refractivity contribution < 1.29 is 34.2 Å². The first-order valence-corrected chi connectivity index (χ1v) is 13.9. The van der Waals surface area contributed by atoms with E-state index in [1.54, 1.807) is 0 Å². The van der Waals surface area contributed by atoms with Crippen LogP contribution in [0.4, 0.5) is 0 Å². The van der Waals surface area contributed by atoms with E-state index in [0.29, 0.717) is 19.1 Å². The lowest BCUT2D eigenvalue weighted by Crippen LogP contribution is -2.03. The number of rotatable bonds is 19. The van der Waals surface area contributed by atoms with Gasteiger partial charge in [-0.15, -0.1) is 0 Å². The van der Waals surface area contributed by atoms with Gasteiger partial charge in [0.2, 0.25) is 0 Å². The van der Waals surface area contributed by atoms with Gasteiger partial charge in [-0.25, -0.2) is 4.57 Å². The van der Waals surface area contributed by atoms with E-state index in [1.807, 2.05) is 0 Å². The molecule has 1 atom stereocenters. The molecule has 0 aliphatic heterocycles. The van der Waals surface area contributed by atoms with Crippen LogP contribution in [0.3, 0.4) is 0 Å². The highest BCUT2D eigenvalue weighted by atomic mass is 31.2. The van der Waals surface area contributed by atoms with Gasteiger partial charge in [0.1, 0.15) is 0 Å². The Kier molecular flexibility index (Phi) is 34.4. The van der Waals surface area contributed by atoms with Crippen LogP contribution in [0.5, 0.6) is 0 Å². The molecule has 0 aliphatic carbocycles. The van der Waals surface area contributed by atoms with Crippen LogP contribution < -0.4 is 0 Å². The first kappa shape index (κ1) is 35.6. The van der Waals surface area contributed by atoms with Crippen molar-refractivity contribution in [3.05, 3.63) is 0 Å². The van der Waals surface area contributed by atoms with Gasteiger partial charge in [0.25, 0.3) is 0 Å². The molecular formula is C23H53O7P. The second-order valence-corrected chi connectivity index (χ2v) is 9.01. The lowest BCUT2D eigenvalue weighted by Gasteiger charge is -2.08. The van der Waals surface area contributed by atoms with E-state index in [4.69, 9.17) is 34.2 Å². The minimum Gasteiger partial charge on any atom is -0.396 e. The SMILES string of the molecule is CCCCC(CC)CO.CCCCCCCCCCCCCOCCO.O=P(O)(O)O. The van der Waals surface area contributed by atoms with Gasteiger partial charge >= 0.3 is 7.82 Å². The minimum absolute atomic E-state index is 0.151. The molecule has 0 aromatic rings. The van der Waals surface area contributed by atoms with Gasteiger partial charge in [0.05, 0.1) is 13.2 Å². The minimum atomic E-state index is -4.64. The Morgan fingerprint density at radius 2 is 1.10 bits per heavy atom. The smallest absolute Gasteiger partial charge is 0.396 e. The van der Waals surface area contributed by atoms with Crippen LogP contribution in [0, 0.1) is 5.92 Å². The van der Waals surface area contributed by atoms with Crippen molar-refractivity contribution in [2.45, 2.75) is 117 Å². The summed E-state index contributed by atoms with van der Waals surface area (Å²) in [5.41, 5.74) is 0. The average molecular weight is 473 g/mol. The lowest BCUT2D eigenvalue weighted by molar-refractivity contribution is 0.0895. The summed E-state index contributed by atoms with van der Waals surface area (Å²) in [7, 11) is -4.64. The zero-order valence-corrected chi connectivity index (χ0v) is 21.4. The standard InChI is InChI=1S/C15H32O2.C8H18O.H3O4P/c1-2-3-4-5-6-7-8-9-10-11-12-14-17-15-13-16;1-3-5-6-8(4-2)7-9;1-5(2,3)4/h16H,2-15H2,1H3;8-9H,3-7H2,1-2H3;(H3,1,2,3,4). The molecule has 0 rings (SSSR count). The quantitative estimate of drug-likeness (QED) is 0.123. The van der Waals surface area contributed by atoms with Gasteiger partial charge in [-0.2, -0.15) is 0 Å². The maximum Gasteiger partial charge on any atom is 0.466 e. The van der Waals surface area contributed by atoms with Crippen molar-refractivity contribution in [3.63, 3.8) is 0 Å². The molecule has 0 amide bonds. The maximum absolute atomic E-state index is 8.88. The van der Waals surface area contributed by atoms with Crippen LogP contribution in [-0.2, 0) is 9.30 Å². The van der Waals surface area contributed by atoms with Crippen molar-refractivity contribution in [2.75, 3.05) is 26.4 Å². The summed E-state index contributed by atoms with van der Waals surface area (Å²) in [5, 5.41) is 17.3. The van der Waals surface area contributed by atoms with Crippen LogP contribution in [0.2, 0.25) is 0 Å². The van der Waals surface area contributed by atoms with Crippen molar-refractivity contribution in [3.8, 4) is 0 Å². The fourth-order valence-corrected chi connectivity index (χ4v) is 2.95. The largest absolute Gasteiger partial charge is 0.466 e. The van der Waals surface area contributed by atoms with Crippen LogP contribution in [-0.4, -0.2) is 51.3 Å². The third-order valence-electron chi connectivity index (χ3n) is 4.93. The van der Waals surface area contributed by atoms with Crippen LogP contribution in [0.1, 0.15) is 117 Å². The van der Waals surface area contributed by atoms with Gasteiger partial charge in [-0.1, -0.05) is 104 Å². The summed E-state index contributed by atoms with van der Waals surface area (Å²) in [6.07, 6.45) is 19.9. The molecule has 192 valence electrons. The summed E-state index contributed by atoms with van der Waals surface area (Å²) in [6.45, 7) is 8.43. The third-order valence-corrected chi connectivity index (χ3v) is 4.93. The van der Waals surface area contributed by atoms with Gasteiger partial charge in [0.15, 0.2) is 0 Å². The second-order valence-electron chi connectivity index (χ2n) is 7.98. The number of hydrogen-bond donors (Lipinski definition) is 5. The summed E-state index contributed by atoms with van der Waals surface area (Å²) >= 11 is 0. The molecule has 7 nitrogen and oxygen atoms in total. The van der Waals surface area contributed by atoms with E-state index >= 15 is 0 Å². The van der Waals surface area contributed by atoms with Crippen molar-refractivity contribution in [2.24, 2.45) is 5.92 Å². The molecule has 0 saturated heterocycles. The Bertz CT molecular complexity index is 325. The number of phosphoric acid groups is 1. The van der Waals surface area contributed by atoms with Crippen LogP contribution in [0.25, 0.3) is 0 Å². The van der Waals surface area contributed by atoms with Gasteiger partial charge in [-0.05, 0) is 18.8 Å². The molecule has 5 N–H and O–H groups in total. The van der Waals surface area contributed by atoms with Crippen LogP contribution >= 0.6 is 7.82 Å². The van der Waals surface area contributed by atoms with Crippen molar-refractivity contribution in [1.29, 1.82) is 0 Å². The predicted molar refractivity (Wildman–Crippen MR) is 129 cm³/mol. The highest BCUT2D eigenvalue weighted by Gasteiger charge is 2.01. The van der Waals surface area contributed by atoms with E-state index in [0.717, 1.165) is 19.4 Å². The Labute approximate surface area is 191 Å². The average Bonchev–Trinajstić information content (AvgIpc) is 2.71. The Morgan fingerprint density at radius 3 is 1.45 bits per heavy atom. The fraction of sp³-hybridized carbons (Fsp3) is 1.00. The summed E-state index contributed by atoms with van der Waals surface area (Å²) in [4.78, 5) is 21.6. The van der Waals surface area contributed by atoms with E-state index in [2.05, 4.69) is 20.8 Å². The summed E-state index contributed by atoms with van der Waals surface area (Å²) < 4.78 is 14.1. The molecule has 0 aliphatic rings. The number of unbranched alkanes of at least 4 members (excludes halogenated alkanes) is 11. The second kappa shape index (κ2) is 30.0. The van der Waals surface area contributed by atoms with E-state index in [-0.39, 0.29) is 6.61 Å². The maximum atomic E-state index is 8.88. The van der Waals surface area contributed by atoms with E-state index < -0.39 is 7.82 Å².